The van der Waals surface area contributed by atoms with Crippen molar-refractivity contribution in [1.82, 2.24) is 0 Å². The molecule has 3 atom stereocenters. The lowest BCUT2D eigenvalue weighted by Gasteiger charge is -2.42. The number of hydrogen-bond acceptors (Lipinski definition) is 2. The fourth-order valence-corrected chi connectivity index (χ4v) is 3.38. The van der Waals surface area contributed by atoms with Crippen molar-refractivity contribution in [3.8, 4) is 0 Å². The van der Waals surface area contributed by atoms with Gasteiger partial charge in [0.2, 0.25) is 0 Å². The van der Waals surface area contributed by atoms with Crippen molar-refractivity contribution in [2.45, 2.75) is 71.5 Å². The van der Waals surface area contributed by atoms with Crippen LogP contribution in [0.3, 0.4) is 0 Å². The third-order valence-corrected chi connectivity index (χ3v) is 4.36. The molecule has 0 bridgehead atoms. The van der Waals surface area contributed by atoms with E-state index in [1.807, 2.05) is 0 Å². The maximum atomic E-state index is 11.5. The van der Waals surface area contributed by atoms with Gasteiger partial charge in [-0.1, -0.05) is 6.92 Å². The Balaban J connectivity index is 2.10. The van der Waals surface area contributed by atoms with E-state index in [0.29, 0.717) is 17.8 Å². The van der Waals surface area contributed by atoms with E-state index in [9.17, 15) is 4.79 Å². The SMILES string of the molecule is CC(C)(C)O[C@H]1CC[C@@H]2CC(=O)CC[C@@]21C. The highest BCUT2D eigenvalue weighted by Crippen LogP contribution is 2.53. The van der Waals surface area contributed by atoms with E-state index < -0.39 is 0 Å². The first-order chi connectivity index (χ1) is 7.31. The molecule has 2 saturated carbocycles. The summed E-state index contributed by atoms with van der Waals surface area (Å²) >= 11 is 0. The van der Waals surface area contributed by atoms with Gasteiger partial charge in [-0.3, -0.25) is 4.79 Å². The summed E-state index contributed by atoms with van der Waals surface area (Å²) in [5, 5.41) is 0. The maximum Gasteiger partial charge on any atom is 0.133 e. The second kappa shape index (κ2) is 3.83. The summed E-state index contributed by atoms with van der Waals surface area (Å²) in [4.78, 5) is 11.5. The smallest absolute Gasteiger partial charge is 0.133 e. The minimum absolute atomic E-state index is 0.0655. The van der Waals surface area contributed by atoms with Crippen molar-refractivity contribution >= 4 is 5.78 Å². The molecule has 2 aliphatic carbocycles. The fourth-order valence-electron chi connectivity index (χ4n) is 3.38. The van der Waals surface area contributed by atoms with Crippen LogP contribution in [0.5, 0.6) is 0 Å². The molecule has 16 heavy (non-hydrogen) atoms. The van der Waals surface area contributed by atoms with Crippen LogP contribution in [0.25, 0.3) is 0 Å². The van der Waals surface area contributed by atoms with E-state index in [0.717, 1.165) is 25.7 Å². The first-order valence-corrected chi connectivity index (χ1v) is 6.51. The van der Waals surface area contributed by atoms with Crippen LogP contribution < -0.4 is 0 Å². The molecule has 0 aromatic heterocycles. The number of rotatable bonds is 1. The molecular formula is C14H24O2. The van der Waals surface area contributed by atoms with Crippen LogP contribution in [0.1, 0.15) is 59.8 Å². The summed E-state index contributed by atoms with van der Waals surface area (Å²) in [6.45, 7) is 8.69. The monoisotopic (exact) mass is 224 g/mol. The van der Waals surface area contributed by atoms with Crippen LogP contribution in [0.2, 0.25) is 0 Å². The van der Waals surface area contributed by atoms with Gasteiger partial charge in [0.1, 0.15) is 5.78 Å². The normalized spacial score (nSPS) is 39.9. The Morgan fingerprint density at radius 3 is 2.62 bits per heavy atom. The molecule has 0 aliphatic heterocycles. The zero-order chi connectivity index (χ0) is 12.0. The molecule has 0 heterocycles. The number of carbonyl (C=O) groups excluding carboxylic acids is 1. The Labute approximate surface area is 98.7 Å². The molecule has 2 nitrogen and oxygen atoms in total. The van der Waals surface area contributed by atoms with Crippen LogP contribution in [0.15, 0.2) is 0 Å². The predicted molar refractivity (Wildman–Crippen MR) is 64.3 cm³/mol. The van der Waals surface area contributed by atoms with Gasteiger partial charge in [0.15, 0.2) is 0 Å². The topological polar surface area (TPSA) is 26.3 Å². The van der Waals surface area contributed by atoms with Gasteiger partial charge >= 0.3 is 0 Å². The molecule has 0 aromatic carbocycles. The molecule has 0 N–H and O–H groups in total. The zero-order valence-corrected chi connectivity index (χ0v) is 11.0. The van der Waals surface area contributed by atoms with Crippen LogP contribution >= 0.6 is 0 Å². The average molecular weight is 224 g/mol. The van der Waals surface area contributed by atoms with Gasteiger partial charge in [0.05, 0.1) is 11.7 Å². The molecule has 2 heteroatoms. The summed E-state index contributed by atoms with van der Waals surface area (Å²) in [6, 6.07) is 0. The molecule has 0 spiro atoms. The highest BCUT2D eigenvalue weighted by Gasteiger charge is 2.50. The first kappa shape index (κ1) is 12.1. The second-order valence-electron chi connectivity index (χ2n) is 6.74. The van der Waals surface area contributed by atoms with Gasteiger partial charge in [-0.2, -0.15) is 0 Å². The molecular weight excluding hydrogens is 200 g/mol. The summed E-state index contributed by atoms with van der Waals surface area (Å²) in [6.07, 6.45) is 5.23. The highest BCUT2D eigenvalue weighted by atomic mass is 16.5. The summed E-state index contributed by atoms with van der Waals surface area (Å²) < 4.78 is 6.20. The summed E-state index contributed by atoms with van der Waals surface area (Å²) in [5.74, 6) is 1.03. The third-order valence-electron chi connectivity index (χ3n) is 4.36. The van der Waals surface area contributed by atoms with Crippen molar-refractivity contribution in [2.75, 3.05) is 0 Å². The van der Waals surface area contributed by atoms with E-state index in [2.05, 4.69) is 27.7 Å². The van der Waals surface area contributed by atoms with Gasteiger partial charge in [0, 0.05) is 12.8 Å². The van der Waals surface area contributed by atoms with Crippen molar-refractivity contribution in [3.63, 3.8) is 0 Å². The predicted octanol–water partition coefficient (Wildman–Crippen LogP) is 3.34. The Morgan fingerprint density at radius 1 is 1.31 bits per heavy atom. The number of ether oxygens (including phenoxy) is 1. The highest BCUT2D eigenvalue weighted by molar-refractivity contribution is 5.79. The summed E-state index contributed by atoms with van der Waals surface area (Å²) in [7, 11) is 0. The Morgan fingerprint density at radius 2 is 2.00 bits per heavy atom. The average Bonchev–Trinajstić information content (AvgIpc) is 2.43. The Kier molecular flexibility index (Phi) is 2.90. The van der Waals surface area contributed by atoms with E-state index in [1.54, 1.807) is 0 Å². The lowest BCUT2D eigenvalue weighted by atomic mass is 9.68. The Hall–Kier alpha value is -0.370. The van der Waals surface area contributed by atoms with E-state index in [1.165, 1.54) is 6.42 Å². The molecule has 2 rings (SSSR count). The van der Waals surface area contributed by atoms with Crippen LogP contribution in [-0.4, -0.2) is 17.5 Å². The zero-order valence-electron chi connectivity index (χ0n) is 11.0. The van der Waals surface area contributed by atoms with Gasteiger partial charge in [-0.25, -0.2) is 0 Å². The molecule has 0 aromatic rings. The fraction of sp³-hybridized carbons (Fsp3) is 0.929. The number of fused-ring (bicyclic) bond motifs is 1. The molecule has 0 radical (unpaired) electrons. The first-order valence-electron chi connectivity index (χ1n) is 6.51. The van der Waals surface area contributed by atoms with Crippen molar-refractivity contribution in [3.05, 3.63) is 0 Å². The number of hydrogen-bond donors (Lipinski definition) is 0. The van der Waals surface area contributed by atoms with Crippen LogP contribution in [0, 0.1) is 11.3 Å². The minimum Gasteiger partial charge on any atom is -0.372 e. The van der Waals surface area contributed by atoms with E-state index >= 15 is 0 Å². The maximum absolute atomic E-state index is 11.5. The molecule has 2 fully saturated rings. The number of Topliss-reactive ketones (excluding diaryl/α,β-unsaturated/α-hetero) is 1. The second-order valence-corrected chi connectivity index (χ2v) is 6.74. The summed E-state index contributed by atoms with van der Waals surface area (Å²) in [5.41, 5.74) is 0.186. The molecule has 0 unspecified atom stereocenters. The Bertz CT molecular complexity index is 290. The number of carbonyl (C=O) groups is 1. The molecule has 92 valence electrons. The van der Waals surface area contributed by atoms with E-state index in [4.69, 9.17) is 4.74 Å². The van der Waals surface area contributed by atoms with Crippen molar-refractivity contribution < 1.29 is 9.53 Å². The molecule has 0 saturated heterocycles. The lowest BCUT2D eigenvalue weighted by molar-refractivity contribution is -0.135. The quantitative estimate of drug-likeness (QED) is 0.683. The van der Waals surface area contributed by atoms with E-state index in [-0.39, 0.29) is 11.0 Å². The van der Waals surface area contributed by atoms with Gasteiger partial charge in [0.25, 0.3) is 0 Å². The van der Waals surface area contributed by atoms with Crippen LogP contribution in [0.4, 0.5) is 0 Å². The van der Waals surface area contributed by atoms with Crippen LogP contribution in [-0.2, 0) is 9.53 Å². The van der Waals surface area contributed by atoms with Gasteiger partial charge in [-0.05, 0) is 51.4 Å². The third kappa shape index (κ3) is 2.17. The van der Waals surface area contributed by atoms with Crippen molar-refractivity contribution in [1.29, 1.82) is 0 Å². The minimum atomic E-state index is -0.0655. The number of ketones is 1. The molecule has 2 aliphatic rings. The lowest BCUT2D eigenvalue weighted by Crippen LogP contribution is -2.42. The van der Waals surface area contributed by atoms with Gasteiger partial charge < -0.3 is 4.74 Å². The van der Waals surface area contributed by atoms with Crippen molar-refractivity contribution in [2.24, 2.45) is 11.3 Å². The largest absolute Gasteiger partial charge is 0.372 e. The molecule has 0 amide bonds. The standard InChI is InChI=1S/C14H24O2/c1-13(2,3)16-12-6-5-10-9-11(15)7-8-14(10,12)4/h10,12H,5-9H2,1-4H3/t10-,12+,14+/m1/s1. The van der Waals surface area contributed by atoms with Gasteiger partial charge in [-0.15, -0.1) is 0 Å².